The molecule has 0 unspecified atom stereocenters. The topological polar surface area (TPSA) is 117 Å². The number of hydrogen-bond donors (Lipinski definition) is 1. The molecular weight excluding hydrogens is 462 g/mol. The summed E-state index contributed by atoms with van der Waals surface area (Å²) in [6.45, 7) is 2.55. The maximum absolute atomic E-state index is 12.5. The van der Waals surface area contributed by atoms with Gasteiger partial charge in [-0.2, -0.15) is 0 Å². The summed E-state index contributed by atoms with van der Waals surface area (Å²) in [5, 5.41) is 0. The van der Waals surface area contributed by atoms with E-state index in [1.165, 1.54) is 26.2 Å². The second kappa shape index (κ2) is 11.8. The van der Waals surface area contributed by atoms with Gasteiger partial charge in [0.25, 0.3) is 0 Å². The third-order valence-electron chi connectivity index (χ3n) is 5.25. The van der Waals surface area contributed by atoms with Crippen molar-refractivity contribution in [2.75, 3.05) is 26.9 Å². The Bertz CT molecular complexity index is 1130. The van der Waals surface area contributed by atoms with Gasteiger partial charge in [0.05, 0.1) is 12.0 Å². The molecular formula is C24H29NO8S. The van der Waals surface area contributed by atoms with Crippen molar-refractivity contribution in [2.45, 2.75) is 44.1 Å². The summed E-state index contributed by atoms with van der Waals surface area (Å²) < 4.78 is 48.9. The molecule has 0 amide bonds. The lowest BCUT2D eigenvalue weighted by Gasteiger charge is -2.18. The van der Waals surface area contributed by atoms with Crippen LogP contribution < -0.4 is 18.9 Å². The predicted molar refractivity (Wildman–Crippen MR) is 124 cm³/mol. The molecule has 0 saturated carbocycles. The number of carbonyl (C=O) groups is 2. The highest BCUT2D eigenvalue weighted by Gasteiger charge is 2.19. The summed E-state index contributed by atoms with van der Waals surface area (Å²) in [6.07, 6.45) is 2.01. The molecule has 3 rings (SSSR count). The quantitative estimate of drug-likeness (QED) is 0.273. The highest BCUT2D eigenvalue weighted by atomic mass is 32.2. The number of rotatable bonds is 12. The van der Waals surface area contributed by atoms with E-state index >= 15 is 0 Å². The molecule has 1 heterocycles. The van der Waals surface area contributed by atoms with Crippen LogP contribution in [0.2, 0.25) is 0 Å². The molecule has 0 fully saturated rings. The largest absolute Gasteiger partial charge is 0.496 e. The van der Waals surface area contributed by atoms with Crippen LogP contribution in [0, 0.1) is 0 Å². The number of carbonyl (C=O) groups excluding carboxylic acids is 2. The molecule has 184 valence electrons. The van der Waals surface area contributed by atoms with Crippen molar-refractivity contribution in [1.29, 1.82) is 0 Å². The number of sulfonamides is 1. The fraction of sp³-hybridized carbons (Fsp3) is 0.417. The Hall–Kier alpha value is -3.11. The third-order valence-corrected chi connectivity index (χ3v) is 6.71. The second-order valence-corrected chi connectivity index (χ2v) is 9.52. The Morgan fingerprint density at radius 3 is 2.50 bits per heavy atom. The molecule has 0 atom stereocenters. The number of esters is 1. The Morgan fingerprint density at radius 2 is 1.76 bits per heavy atom. The van der Waals surface area contributed by atoms with Crippen LogP contribution in [-0.4, -0.2) is 47.0 Å². The van der Waals surface area contributed by atoms with E-state index in [0.29, 0.717) is 60.9 Å². The van der Waals surface area contributed by atoms with Gasteiger partial charge in [0, 0.05) is 30.2 Å². The number of methoxy groups -OCH3 is 1. The number of Topliss-reactive ketones (excluding diaryl/α,β-unsaturated/α-hetero) is 1. The van der Waals surface area contributed by atoms with Crippen LogP contribution in [0.3, 0.4) is 0 Å². The minimum absolute atomic E-state index is 0.0124. The number of benzene rings is 2. The van der Waals surface area contributed by atoms with Crippen molar-refractivity contribution in [3.05, 3.63) is 47.5 Å². The second-order valence-electron chi connectivity index (χ2n) is 7.76. The highest BCUT2D eigenvalue weighted by molar-refractivity contribution is 7.89. The number of fused-ring (bicyclic) bond motifs is 1. The average molecular weight is 492 g/mol. The van der Waals surface area contributed by atoms with Gasteiger partial charge < -0.3 is 18.9 Å². The summed E-state index contributed by atoms with van der Waals surface area (Å²) in [5.41, 5.74) is 1.14. The van der Waals surface area contributed by atoms with E-state index in [2.05, 4.69) is 4.72 Å². The minimum Gasteiger partial charge on any atom is -0.496 e. The van der Waals surface area contributed by atoms with Crippen LogP contribution in [0.15, 0.2) is 41.3 Å². The van der Waals surface area contributed by atoms with Gasteiger partial charge in [0.1, 0.15) is 25.6 Å². The molecule has 1 aliphatic rings. The van der Waals surface area contributed by atoms with Crippen molar-refractivity contribution in [1.82, 2.24) is 4.72 Å². The first-order valence-electron chi connectivity index (χ1n) is 11.0. The van der Waals surface area contributed by atoms with E-state index in [4.69, 9.17) is 18.9 Å². The Morgan fingerprint density at radius 1 is 1.00 bits per heavy atom. The molecule has 1 N–H and O–H groups in total. The van der Waals surface area contributed by atoms with Crippen LogP contribution in [0.4, 0.5) is 0 Å². The van der Waals surface area contributed by atoms with Crippen LogP contribution in [0.1, 0.15) is 48.5 Å². The van der Waals surface area contributed by atoms with Gasteiger partial charge in [-0.05, 0) is 50.1 Å². The van der Waals surface area contributed by atoms with Crippen molar-refractivity contribution < 1.29 is 37.0 Å². The molecule has 0 aromatic heterocycles. The lowest BCUT2D eigenvalue weighted by molar-refractivity contribution is -0.145. The molecule has 2 aromatic rings. The fourth-order valence-corrected chi connectivity index (χ4v) is 4.48. The van der Waals surface area contributed by atoms with Crippen LogP contribution >= 0.6 is 0 Å². The Balaban J connectivity index is 1.37. The molecule has 0 aliphatic carbocycles. The Kier molecular flexibility index (Phi) is 8.89. The third kappa shape index (κ3) is 6.94. The number of nitrogens with one attached hydrogen (secondary N) is 1. The fourth-order valence-electron chi connectivity index (χ4n) is 3.39. The number of hydrogen-bond acceptors (Lipinski definition) is 8. The monoisotopic (exact) mass is 491 g/mol. The zero-order valence-corrected chi connectivity index (χ0v) is 20.1. The van der Waals surface area contributed by atoms with Crippen LogP contribution in [0.5, 0.6) is 17.2 Å². The van der Waals surface area contributed by atoms with Gasteiger partial charge in [-0.1, -0.05) is 6.42 Å². The number of unbranched alkanes of at least 4 members (excludes halogenated alkanes) is 2. The molecule has 10 heteroatoms. The predicted octanol–water partition coefficient (Wildman–Crippen LogP) is 3.25. The lowest BCUT2D eigenvalue weighted by Crippen LogP contribution is -2.25. The SMILES string of the molecule is COc1ccc(C(C)=O)cc1COC(=O)CCCCCNS(=O)(=O)c1ccc2c(c1)OCCO2. The summed E-state index contributed by atoms with van der Waals surface area (Å²) in [7, 11) is -2.16. The van der Waals surface area contributed by atoms with Crippen molar-refractivity contribution in [3.63, 3.8) is 0 Å². The van der Waals surface area contributed by atoms with Gasteiger partial charge in [0.15, 0.2) is 17.3 Å². The molecule has 9 nitrogen and oxygen atoms in total. The van der Waals surface area contributed by atoms with Gasteiger partial charge in [-0.3, -0.25) is 9.59 Å². The smallest absolute Gasteiger partial charge is 0.306 e. The highest BCUT2D eigenvalue weighted by Crippen LogP contribution is 2.32. The first-order chi connectivity index (χ1) is 16.3. The van der Waals surface area contributed by atoms with E-state index in [0.717, 1.165) is 0 Å². The molecule has 0 spiro atoms. The van der Waals surface area contributed by atoms with Gasteiger partial charge in [-0.25, -0.2) is 13.1 Å². The molecule has 34 heavy (non-hydrogen) atoms. The molecule has 1 aliphatic heterocycles. The van der Waals surface area contributed by atoms with Crippen LogP contribution in [0.25, 0.3) is 0 Å². The average Bonchev–Trinajstić information content (AvgIpc) is 2.84. The summed E-state index contributed by atoms with van der Waals surface area (Å²) >= 11 is 0. The van der Waals surface area contributed by atoms with E-state index in [-0.39, 0.29) is 36.2 Å². The van der Waals surface area contributed by atoms with E-state index in [1.54, 1.807) is 24.3 Å². The molecule has 2 aromatic carbocycles. The van der Waals surface area contributed by atoms with Gasteiger partial charge in [-0.15, -0.1) is 0 Å². The maximum atomic E-state index is 12.5. The summed E-state index contributed by atoms with van der Waals surface area (Å²) in [6, 6.07) is 9.50. The standard InChI is InChI=1S/C24H29NO8S/c1-17(26)18-7-9-21(30-2)19(14-18)16-33-24(27)6-4-3-5-11-25-34(28,29)20-8-10-22-23(15-20)32-13-12-31-22/h7-10,14-15,25H,3-6,11-13,16H2,1-2H3. The maximum Gasteiger partial charge on any atom is 0.306 e. The number of ketones is 1. The zero-order chi connectivity index (χ0) is 24.6. The van der Waals surface area contributed by atoms with E-state index in [9.17, 15) is 18.0 Å². The van der Waals surface area contributed by atoms with E-state index < -0.39 is 10.0 Å². The molecule has 0 radical (unpaired) electrons. The van der Waals surface area contributed by atoms with Crippen LogP contribution in [-0.2, 0) is 26.2 Å². The molecule has 0 saturated heterocycles. The van der Waals surface area contributed by atoms with Crippen molar-refractivity contribution in [2.24, 2.45) is 0 Å². The zero-order valence-electron chi connectivity index (χ0n) is 19.3. The normalized spacial score (nSPS) is 12.8. The first kappa shape index (κ1) is 25.5. The Labute approximate surface area is 199 Å². The van der Waals surface area contributed by atoms with Crippen molar-refractivity contribution in [3.8, 4) is 17.2 Å². The number of ether oxygens (including phenoxy) is 4. The first-order valence-corrected chi connectivity index (χ1v) is 12.5. The summed E-state index contributed by atoms with van der Waals surface area (Å²) in [4.78, 5) is 23.7. The summed E-state index contributed by atoms with van der Waals surface area (Å²) in [5.74, 6) is 1.04. The van der Waals surface area contributed by atoms with E-state index in [1.807, 2.05) is 0 Å². The van der Waals surface area contributed by atoms with Gasteiger partial charge in [0.2, 0.25) is 10.0 Å². The molecule has 0 bridgehead atoms. The minimum atomic E-state index is -3.67. The lowest BCUT2D eigenvalue weighted by atomic mass is 10.1. The van der Waals surface area contributed by atoms with Gasteiger partial charge >= 0.3 is 5.97 Å². The van der Waals surface area contributed by atoms with Crippen molar-refractivity contribution >= 4 is 21.8 Å².